The van der Waals surface area contributed by atoms with Gasteiger partial charge in [0.15, 0.2) is 0 Å². The van der Waals surface area contributed by atoms with Crippen LogP contribution >= 0.6 is 0 Å². The largest absolute Gasteiger partial charge is 0.480 e. The highest BCUT2D eigenvalue weighted by Gasteiger charge is 2.44. The molecule has 2 saturated heterocycles. The standard InChI is InChI=1S/C36H46F2N4O2/c1-2-42-33(36(37,38)30-16-10-5-11-17-30)22-32(39-42)27-18-20-40(21-19-27)23-29-24-41(25-31(29)26-12-6-3-7-13-26)34(35(43)44)28-14-8-4-9-15-28/h3,5-7,10-13,16-17,22,27-29,31,34H,2,4,8-9,14-15,18-21,23-25H2,1H3,(H,43,44). The zero-order valence-corrected chi connectivity index (χ0v) is 25.8. The molecule has 1 saturated carbocycles. The van der Waals surface area contributed by atoms with Crippen molar-refractivity contribution >= 4 is 5.97 Å². The van der Waals surface area contributed by atoms with E-state index in [1.54, 1.807) is 24.3 Å². The molecule has 0 amide bonds. The number of halogens is 2. The normalized spacial score (nSPS) is 23.6. The van der Waals surface area contributed by atoms with Crippen molar-refractivity contribution in [2.75, 3.05) is 32.7 Å². The van der Waals surface area contributed by atoms with Crippen molar-refractivity contribution in [2.24, 2.45) is 11.8 Å². The molecule has 2 aliphatic heterocycles. The van der Waals surface area contributed by atoms with Gasteiger partial charge in [-0.3, -0.25) is 14.4 Å². The van der Waals surface area contributed by atoms with Gasteiger partial charge in [-0.1, -0.05) is 79.9 Å². The molecule has 3 heterocycles. The molecular weight excluding hydrogens is 558 g/mol. The number of carboxylic acids is 1. The van der Waals surface area contributed by atoms with E-state index in [0.29, 0.717) is 18.4 Å². The fourth-order valence-corrected chi connectivity index (χ4v) is 8.17. The predicted octanol–water partition coefficient (Wildman–Crippen LogP) is 6.97. The second-order valence-corrected chi connectivity index (χ2v) is 13.2. The fourth-order valence-electron chi connectivity index (χ4n) is 8.17. The van der Waals surface area contributed by atoms with Gasteiger partial charge in [0.25, 0.3) is 0 Å². The average Bonchev–Trinajstić information content (AvgIpc) is 3.68. The van der Waals surface area contributed by atoms with Crippen molar-refractivity contribution in [3.8, 4) is 0 Å². The van der Waals surface area contributed by atoms with Crippen LogP contribution in [0.25, 0.3) is 0 Å². The van der Waals surface area contributed by atoms with Crippen LogP contribution in [-0.4, -0.2) is 69.4 Å². The lowest BCUT2D eigenvalue weighted by Crippen LogP contribution is -2.46. The molecular formula is C36H46F2N4O2. The van der Waals surface area contributed by atoms with Crippen LogP contribution in [-0.2, 0) is 17.3 Å². The van der Waals surface area contributed by atoms with Crippen LogP contribution in [0.15, 0.2) is 66.7 Å². The Hall–Kier alpha value is -3.10. The molecule has 236 valence electrons. The number of aliphatic carboxylic acids is 1. The SMILES string of the molecule is CCn1nc(C2CCN(CC3CN(C(C(=O)O)C4CCCCC4)CC3c3ccccc3)CC2)cc1C(F)(F)c1ccccc1. The molecule has 0 spiro atoms. The summed E-state index contributed by atoms with van der Waals surface area (Å²) >= 11 is 0. The number of aryl methyl sites for hydroxylation is 1. The number of rotatable bonds is 10. The summed E-state index contributed by atoms with van der Waals surface area (Å²) < 4.78 is 32.5. The molecule has 3 unspecified atom stereocenters. The Balaban J connectivity index is 1.14. The molecule has 2 aromatic carbocycles. The number of carbonyl (C=O) groups is 1. The van der Waals surface area contributed by atoms with E-state index in [1.807, 2.05) is 13.0 Å². The number of piperidine rings is 1. The molecule has 3 aromatic rings. The van der Waals surface area contributed by atoms with E-state index in [0.717, 1.165) is 76.9 Å². The minimum Gasteiger partial charge on any atom is -0.480 e. The smallest absolute Gasteiger partial charge is 0.321 e. The van der Waals surface area contributed by atoms with E-state index in [4.69, 9.17) is 0 Å². The lowest BCUT2D eigenvalue weighted by Gasteiger charge is -2.35. The highest BCUT2D eigenvalue weighted by atomic mass is 19.3. The Kier molecular flexibility index (Phi) is 9.48. The fraction of sp³-hybridized carbons (Fsp3) is 0.556. The Bertz CT molecular complexity index is 1370. The molecule has 1 aromatic heterocycles. The zero-order valence-electron chi connectivity index (χ0n) is 25.8. The summed E-state index contributed by atoms with van der Waals surface area (Å²) in [7, 11) is 0. The van der Waals surface area contributed by atoms with Gasteiger partial charge < -0.3 is 10.0 Å². The first-order chi connectivity index (χ1) is 21.3. The Morgan fingerprint density at radius 3 is 2.25 bits per heavy atom. The number of likely N-dealkylation sites (tertiary alicyclic amines) is 2. The molecule has 6 rings (SSSR count). The highest BCUT2D eigenvalue weighted by Crippen LogP contribution is 2.40. The number of carboxylic acid groups (broad SMARTS) is 1. The first kappa shape index (κ1) is 30.9. The first-order valence-corrected chi connectivity index (χ1v) is 16.6. The number of aromatic nitrogens is 2. The molecule has 3 atom stereocenters. The molecule has 8 heteroatoms. The van der Waals surface area contributed by atoms with Crippen molar-refractivity contribution < 1.29 is 18.7 Å². The molecule has 1 N–H and O–H groups in total. The van der Waals surface area contributed by atoms with Crippen molar-refractivity contribution in [1.29, 1.82) is 0 Å². The molecule has 3 fully saturated rings. The van der Waals surface area contributed by atoms with Crippen LogP contribution in [0.2, 0.25) is 0 Å². The van der Waals surface area contributed by atoms with Crippen molar-refractivity contribution in [2.45, 2.75) is 82.2 Å². The first-order valence-electron chi connectivity index (χ1n) is 16.6. The van der Waals surface area contributed by atoms with Gasteiger partial charge in [-0.15, -0.1) is 0 Å². The minimum atomic E-state index is -3.10. The Labute approximate surface area is 260 Å². The summed E-state index contributed by atoms with van der Waals surface area (Å²) in [6.45, 7) is 6.53. The van der Waals surface area contributed by atoms with Gasteiger partial charge in [0, 0.05) is 43.6 Å². The van der Waals surface area contributed by atoms with E-state index < -0.39 is 17.9 Å². The Morgan fingerprint density at radius 1 is 0.955 bits per heavy atom. The van der Waals surface area contributed by atoms with Gasteiger partial charge >= 0.3 is 11.9 Å². The third-order valence-electron chi connectivity index (χ3n) is 10.5. The van der Waals surface area contributed by atoms with E-state index in [2.05, 4.69) is 39.2 Å². The topological polar surface area (TPSA) is 61.6 Å². The van der Waals surface area contributed by atoms with Gasteiger partial charge in [0.1, 0.15) is 11.7 Å². The maximum Gasteiger partial charge on any atom is 0.321 e. The van der Waals surface area contributed by atoms with E-state index >= 15 is 8.78 Å². The van der Waals surface area contributed by atoms with Crippen LogP contribution in [0.1, 0.15) is 86.2 Å². The van der Waals surface area contributed by atoms with Crippen LogP contribution in [0.3, 0.4) is 0 Å². The van der Waals surface area contributed by atoms with E-state index in [9.17, 15) is 9.90 Å². The van der Waals surface area contributed by atoms with Crippen molar-refractivity contribution in [1.82, 2.24) is 19.6 Å². The predicted molar refractivity (Wildman–Crippen MR) is 168 cm³/mol. The molecule has 44 heavy (non-hydrogen) atoms. The van der Waals surface area contributed by atoms with Gasteiger partial charge in [0.2, 0.25) is 0 Å². The van der Waals surface area contributed by atoms with Gasteiger partial charge in [0.05, 0.1) is 5.69 Å². The van der Waals surface area contributed by atoms with E-state index in [-0.39, 0.29) is 23.1 Å². The summed E-state index contributed by atoms with van der Waals surface area (Å²) in [4.78, 5) is 17.4. The summed E-state index contributed by atoms with van der Waals surface area (Å²) in [6.07, 6.45) is 7.24. The molecule has 6 nitrogen and oxygen atoms in total. The third-order valence-corrected chi connectivity index (χ3v) is 10.5. The highest BCUT2D eigenvalue weighted by molar-refractivity contribution is 5.74. The number of hydrogen-bond donors (Lipinski definition) is 1. The van der Waals surface area contributed by atoms with Gasteiger partial charge in [-0.2, -0.15) is 13.9 Å². The lowest BCUT2D eigenvalue weighted by molar-refractivity contribution is -0.145. The third kappa shape index (κ3) is 6.47. The van der Waals surface area contributed by atoms with Crippen molar-refractivity contribution in [3.63, 3.8) is 0 Å². The summed E-state index contributed by atoms with van der Waals surface area (Å²) in [5.41, 5.74) is 2.01. The van der Waals surface area contributed by atoms with Gasteiger partial charge in [-0.25, -0.2) is 0 Å². The van der Waals surface area contributed by atoms with Crippen LogP contribution in [0.5, 0.6) is 0 Å². The number of alkyl halides is 2. The Morgan fingerprint density at radius 2 is 1.61 bits per heavy atom. The minimum absolute atomic E-state index is 0.0110. The number of nitrogens with zero attached hydrogens (tertiary/aromatic N) is 4. The lowest BCUT2D eigenvalue weighted by atomic mass is 9.83. The maximum absolute atomic E-state index is 15.5. The van der Waals surface area contributed by atoms with Crippen molar-refractivity contribution in [3.05, 3.63) is 89.2 Å². The van der Waals surface area contributed by atoms with E-state index in [1.165, 1.54) is 28.8 Å². The van der Waals surface area contributed by atoms with Crippen LogP contribution in [0.4, 0.5) is 8.78 Å². The zero-order chi connectivity index (χ0) is 30.7. The monoisotopic (exact) mass is 604 g/mol. The van der Waals surface area contributed by atoms with Gasteiger partial charge in [-0.05, 0) is 69.2 Å². The molecule has 0 radical (unpaired) electrons. The maximum atomic E-state index is 15.5. The molecule has 3 aliphatic rings. The summed E-state index contributed by atoms with van der Waals surface area (Å²) in [5, 5.41) is 15.0. The number of hydrogen-bond acceptors (Lipinski definition) is 4. The number of benzene rings is 2. The second kappa shape index (κ2) is 13.5. The van der Waals surface area contributed by atoms with Crippen LogP contribution in [0, 0.1) is 11.8 Å². The molecule has 0 bridgehead atoms. The van der Waals surface area contributed by atoms with Crippen LogP contribution < -0.4 is 0 Å². The summed E-state index contributed by atoms with van der Waals surface area (Å²) in [5.74, 6) is -2.76. The average molecular weight is 605 g/mol. The second-order valence-electron chi connectivity index (χ2n) is 13.2. The molecule has 1 aliphatic carbocycles. The summed E-state index contributed by atoms with van der Waals surface area (Å²) in [6, 6.07) is 19.8. The quantitative estimate of drug-likeness (QED) is 0.271.